The maximum atomic E-state index is 11.5. The van der Waals surface area contributed by atoms with E-state index in [2.05, 4.69) is 0 Å². The second kappa shape index (κ2) is 3.49. The molecule has 0 atom stereocenters. The van der Waals surface area contributed by atoms with Crippen molar-refractivity contribution in [2.45, 2.75) is 48.8 Å². The Bertz CT molecular complexity index is 423. The zero-order valence-corrected chi connectivity index (χ0v) is 11.5. The zero-order chi connectivity index (χ0) is 13.4. The second-order valence-electron chi connectivity index (χ2n) is 6.40. The lowest BCUT2D eigenvalue weighted by atomic mass is 9.55. The molecule has 4 aliphatic carbocycles. The summed E-state index contributed by atoms with van der Waals surface area (Å²) in [5.74, 6) is -0.197. The second-order valence-corrected chi connectivity index (χ2v) is 10.3. The molecule has 0 unspecified atom stereocenters. The first-order valence-electron chi connectivity index (χ1n) is 6.11. The minimum atomic E-state index is -4.88. The van der Waals surface area contributed by atoms with E-state index in [0.29, 0.717) is 0 Å². The van der Waals surface area contributed by atoms with Crippen LogP contribution in [-0.2, 0) is 9.13 Å². The van der Waals surface area contributed by atoms with Gasteiger partial charge in [0, 0.05) is 0 Å². The Labute approximate surface area is 105 Å². The van der Waals surface area contributed by atoms with Crippen LogP contribution >= 0.6 is 15.2 Å². The predicted molar refractivity (Wildman–Crippen MR) is 55.4 cm³/mol. The van der Waals surface area contributed by atoms with Gasteiger partial charge in [0.1, 0.15) is 0 Å². The minimum Gasteiger partial charge on any atom is -0.810 e. The summed E-state index contributed by atoms with van der Waals surface area (Å²) in [6.45, 7) is 0. The molecular formula is C10H14O6P2-4. The Kier molecular flexibility index (Phi) is 2.58. The smallest absolute Gasteiger partial charge is 0.000542 e. The van der Waals surface area contributed by atoms with Crippen molar-refractivity contribution in [3.05, 3.63) is 0 Å². The monoisotopic (exact) mass is 292 g/mol. The fourth-order valence-corrected chi connectivity index (χ4v) is 7.85. The fourth-order valence-electron chi connectivity index (χ4n) is 4.81. The first-order valence-corrected chi connectivity index (χ1v) is 9.20. The van der Waals surface area contributed by atoms with Crippen molar-refractivity contribution < 1.29 is 28.7 Å². The first-order chi connectivity index (χ1) is 8.07. The predicted octanol–water partition coefficient (Wildman–Crippen LogP) is -1.09. The van der Waals surface area contributed by atoms with Crippen LogP contribution in [0.25, 0.3) is 0 Å². The lowest BCUT2D eigenvalue weighted by molar-refractivity contribution is -0.331. The average molecular weight is 292 g/mol. The Balaban J connectivity index is 2.09. The van der Waals surface area contributed by atoms with Crippen LogP contribution in [0.1, 0.15) is 38.5 Å². The third kappa shape index (κ3) is 1.64. The molecular weight excluding hydrogens is 278 g/mol. The lowest BCUT2D eigenvalue weighted by Crippen LogP contribution is -2.62. The van der Waals surface area contributed by atoms with E-state index in [1.165, 1.54) is 0 Å². The van der Waals surface area contributed by atoms with Gasteiger partial charge in [-0.05, 0) is 60.7 Å². The van der Waals surface area contributed by atoms with Crippen molar-refractivity contribution in [2.24, 2.45) is 11.8 Å². The number of hydrogen-bond acceptors (Lipinski definition) is 6. The summed E-state index contributed by atoms with van der Waals surface area (Å²) in [5, 5.41) is -2.94. The zero-order valence-electron chi connectivity index (χ0n) is 9.74. The van der Waals surface area contributed by atoms with Gasteiger partial charge in [-0.1, -0.05) is 15.2 Å². The summed E-state index contributed by atoms with van der Waals surface area (Å²) in [5.41, 5.74) is 0. The van der Waals surface area contributed by atoms with Crippen LogP contribution < -0.4 is 19.6 Å². The van der Waals surface area contributed by atoms with E-state index in [-0.39, 0.29) is 43.9 Å². The maximum Gasteiger partial charge on any atom is -0.000542 e. The standard InChI is InChI=1S/C10H18O6P2/c11-17(12,13)9-2-7-1-8(4-9)5-10(3-7,6-9)18(14,15)16/h7-8H,1-6H2,(H2,11,12,13)(H2,14,15,16)/p-4. The summed E-state index contributed by atoms with van der Waals surface area (Å²) in [4.78, 5) is 46.1. The Morgan fingerprint density at radius 2 is 1.11 bits per heavy atom. The lowest BCUT2D eigenvalue weighted by Gasteiger charge is -2.71. The Morgan fingerprint density at radius 3 is 1.39 bits per heavy atom. The largest absolute Gasteiger partial charge is 0.810 e. The highest BCUT2D eigenvalue weighted by Crippen LogP contribution is 2.73. The van der Waals surface area contributed by atoms with Crippen LogP contribution in [0, 0.1) is 11.8 Å². The molecule has 0 aromatic rings. The van der Waals surface area contributed by atoms with Gasteiger partial charge in [-0.3, -0.25) is 0 Å². The molecule has 0 spiro atoms. The van der Waals surface area contributed by atoms with Gasteiger partial charge in [-0.15, -0.1) is 0 Å². The molecule has 0 aromatic carbocycles. The van der Waals surface area contributed by atoms with Crippen molar-refractivity contribution in [2.75, 3.05) is 0 Å². The molecule has 0 heterocycles. The van der Waals surface area contributed by atoms with Gasteiger partial charge in [-0.25, -0.2) is 0 Å². The van der Waals surface area contributed by atoms with Gasteiger partial charge in [-0.2, -0.15) is 0 Å². The highest BCUT2D eigenvalue weighted by Gasteiger charge is 2.59. The van der Waals surface area contributed by atoms with Gasteiger partial charge >= 0.3 is 0 Å². The average Bonchev–Trinajstić information content (AvgIpc) is 2.11. The van der Waals surface area contributed by atoms with Gasteiger partial charge in [0.15, 0.2) is 0 Å². The van der Waals surface area contributed by atoms with Gasteiger partial charge < -0.3 is 28.7 Å². The summed E-state index contributed by atoms with van der Waals surface area (Å²) < 4.78 is 23.1. The van der Waals surface area contributed by atoms with Gasteiger partial charge in [0.05, 0.1) is 0 Å². The molecule has 6 nitrogen and oxygen atoms in total. The summed E-state index contributed by atoms with van der Waals surface area (Å²) in [6, 6.07) is 0. The molecule has 0 radical (unpaired) electrons. The molecule has 0 aromatic heterocycles. The number of hydrogen-bond donors (Lipinski definition) is 0. The van der Waals surface area contributed by atoms with E-state index in [4.69, 9.17) is 0 Å². The van der Waals surface area contributed by atoms with Crippen LogP contribution in [0.5, 0.6) is 0 Å². The summed E-state index contributed by atoms with van der Waals surface area (Å²) in [7, 11) is -9.75. The van der Waals surface area contributed by atoms with E-state index < -0.39 is 25.5 Å². The van der Waals surface area contributed by atoms with E-state index >= 15 is 0 Å². The van der Waals surface area contributed by atoms with Crippen LogP contribution in [0.2, 0.25) is 0 Å². The number of rotatable bonds is 2. The third-order valence-electron chi connectivity index (χ3n) is 5.16. The van der Waals surface area contributed by atoms with Crippen molar-refractivity contribution in [1.29, 1.82) is 0 Å². The molecule has 4 rings (SSSR count). The van der Waals surface area contributed by atoms with Gasteiger partial charge in [0.2, 0.25) is 0 Å². The van der Waals surface area contributed by atoms with Crippen LogP contribution in [0.3, 0.4) is 0 Å². The van der Waals surface area contributed by atoms with Crippen LogP contribution in [0.15, 0.2) is 0 Å². The molecule has 4 fully saturated rings. The fraction of sp³-hybridized carbons (Fsp3) is 1.00. The molecule has 18 heavy (non-hydrogen) atoms. The molecule has 0 N–H and O–H groups in total. The van der Waals surface area contributed by atoms with Crippen molar-refractivity contribution in [3.8, 4) is 0 Å². The molecule has 0 aliphatic heterocycles. The van der Waals surface area contributed by atoms with E-state index in [0.717, 1.165) is 6.42 Å². The SMILES string of the molecule is O=P([O-])([O-])C12CC3CC(C1)CC(P(=O)([O-])[O-])(C3)C2. The molecule has 104 valence electrons. The minimum absolute atomic E-state index is 0.0984. The van der Waals surface area contributed by atoms with Crippen molar-refractivity contribution >= 4 is 15.2 Å². The molecule has 0 saturated heterocycles. The first kappa shape index (κ1) is 13.3. The summed E-state index contributed by atoms with van der Waals surface area (Å²) >= 11 is 0. The maximum absolute atomic E-state index is 11.5. The topological polar surface area (TPSA) is 126 Å². The third-order valence-corrected chi connectivity index (χ3v) is 8.53. The Morgan fingerprint density at radius 1 is 0.778 bits per heavy atom. The molecule has 4 bridgehead atoms. The van der Waals surface area contributed by atoms with E-state index in [9.17, 15) is 28.7 Å². The normalized spacial score (nSPS) is 47.6. The van der Waals surface area contributed by atoms with E-state index in [1.54, 1.807) is 0 Å². The quantitative estimate of drug-likeness (QED) is 0.595. The van der Waals surface area contributed by atoms with Crippen molar-refractivity contribution in [3.63, 3.8) is 0 Å². The molecule has 4 saturated carbocycles. The van der Waals surface area contributed by atoms with E-state index in [1.807, 2.05) is 0 Å². The van der Waals surface area contributed by atoms with Crippen molar-refractivity contribution in [1.82, 2.24) is 0 Å². The van der Waals surface area contributed by atoms with Crippen LogP contribution in [-0.4, -0.2) is 10.3 Å². The highest BCUT2D eigenvalue weighted by molar-refractivity contribution is 7.52. The van der Waals surface area contributed by atoms with Gasteiger partial charge in [0.25, 0.3) is 0 Å². The Hall–Kier alpha value is 0.300. The highest BCUT2D eigenvalue weighted by atomic mass is 31.2. The molecule has 0 amide bonds. The molecule has 4 aliphatic rings. The van der Waals surface area contributed by atoms with Crippen LogP contribution in [0.4, 0.5) is 0 Å². The molecule has 8 heteroatoms. The summed E-state index contributed by atoms with van der Waals surface area (Å²) in [6.07, 6.45) is 1.47.